The van der Waals surface area contributed by atoms with Crippen molar-refractivity contribution < 1.29 is 4.74 Å². The van der Waals surface area contributed by atoms with Crippen LogP contribution in [-0.4, -0.2) is 19.8 Å². The van der Waals surface area contributed by atoms with Crippen LogP contribution in [-0.2, 0) is 4.74 Å². The van der Waals surface area contributed by atoms with Crippen molar-refractivity contribution in [3.8, 4) is 0 Å². The summed E-state index contributed by atoms with van der Waals surface area (Å²) in [5.41, 5.74) is 5.40. The molecule has 0 unspecified atom stereocenters. The Morgan fingerprint density at radius 1 is 0.750 bits per heavy atom. The number of unbranched alkanes of at least 4 members (excludes halogenated alkanes) is 8. The lowest BCUT2D eigenvalue weighted by Gasteiger charge is -2.03. The molecule has 20 heavy (non-hydrogen) atoms. The van der Waals surface area contributed by atoms with Crippen molar-refractivity contribution in [2.24, 2.45) is 5.73 Å². The molecule has 0 spiro atoms. The van der Waals surface area contributed by atoms with E-state index in [4.69, 9.17) is 10.5 Å². The van der Waals surface area contributed by atoms with E-state index in [-0.39, 0.29) is 17.0 Å². The van der Waals surface area contributed by atoms with E-state index in [1.165, 1.54) is 64.2 Å². The van der Waals surface area contributed by atoms with Gasteiger partial charge in [0.25, 0.3) is 0 Å². The molecule has 0 aromatic heterocycles. The predicted molar refractivity (Wildman–Crippen MR) is 95.8 cm³/mol. The van der Waals surface area contributed by atoms with Crippen molar-refractivity contribution in [2.75, 3.05) is 19.8 Å². The molecule has 2 nitrogen and oxygen atoms in total. The molecule has 0 aromatic carbocycles. The molecule has 3 heteroatoms. The summed E-state index contributed by atoms with van der Waals surface area (Å²) in [4.78, 5) is 0. The molecule has 0 fully saturated rings. The Labute approximate surface area is 137 Å². The second kappa shape index (κ2) is 21.4. The van der Waals surface area contributed by atoms with Crippen LogP contribution in [0.4, 0.5) is 0 Å². The molecule has 0 rings (SSSR count). The van der Waals surface area contributed by atoms with E-state index in [2.05, 4.69) is 19.1 Å². The number of rotatable bonds is 15. The first-order valence-electron chi connectivity index (χ1n) is 8.34. The van der Waals surface area contributed by atoms with Gasteiger partial charge in [-0.15, -0.1) is 17.0 Å². The Morgan fingerprint density at radius 3 is 1.95 bits per heavy atom. The minimum atomic E-state index is 0. The lowest BCUT2D eigenvalue weighted by molar-refractivity contribution is 0.129. The lowest BCUT2D eigenvalue weighted by atomic mass is 10.1. The van der Waals surface area contributed by atoms with Crippen LogP contribution in [0, 0.1) is 0 Å². The van der Waals surface area contributed by atoms with Crippen LogP contribution in [0.1, 0.15) is 77.6 Å². The van der Waals surface area contributed by atoms with E-state index in [1.54, 1.807) is 0 Å². The van der Waals surface area contributed by atoms with Crippen molar-refractivity contribution >= 4 is 17.0 Å². The van der Waals surface area contributed by atoms with E-state index >= 15 is 0 Å². The van der Waals surface area contributed by atoms with Crippen LogP contribution < -0.4 is 5.73 Å². The Kier molecular flexibility index (Phi) is 24.0. The molecule has 0 aromatic rings. The maximum atomic E-state index is 5.48. The van der Waals surface area contributed by atoms with E-state index in [1.807, 2.05) is 0 Å². The highest BCUT2D eigenvalue weighted by Gasteiger charge is 1.92. The van der Waals surface area contributed by atoms with Crippen molar-refractivity contribution in [3.05, 3.63) is 12.2 Å². The first-order chi connectivity index (χ1) is 9.41. The number of allylic oxidation sites excluding steroid dienone is 2. The normalized spacial score (nSPS) is 10.9. The minimum Gasteiger partial charge on any atom is -0.381 e. The van der Waals surface area contributed by atoms with Crippen molar-refractivity contribution in [3.63, 3.8) is 0 Å². The molecule has 2 N–H and O–H groups in total. The van der Waals surface area contributed by atoms with Gasteiger partial charge in [0.15, 0.2) is 0 Å². The van der Waals surface area contributed by atoms with Crippen LogP contribution in [0.3, 0.4) is 0 Å². The number of hydrogen-bond donors (Lipinski definition) is 1. The van der Waals surface area contributed by atoms with Crippen LogP contribution in [0.15, 0.2) is 12.2 Å². The standard InChI is InChI=1S/C17H35NO.BrH/c1-2-3-4-5-6-7-8-9-10-11-12-13-16-19-17-14-15-18;/h5-6H,2-4,7-18H2,1H3;1H. The molecule has 0 saturated heterocycles. The van der Waals surface area contributed by atoms with Gasteiger partial charge < -0.3 is 10.5 Å². The molecular formula is C17H36BrNO. The smallest absolute Gasteiger partial charge is 0.0478 e. The van der Waals surface area contributed by atoms with Crippen molar-refractivity contribution in [1.82, 2.24) is 0 Å². The zero-order chi connectivity index (χ0) is 14.0. The Bertz CT molecular complexity index is 186. The minimum absolute atomic E-state index is 0. The highest BCUT2D eigenvalue weighted by atomic mass is 79.9. The first kappa shape index (κ1) is 22.4. The van der Waals surface area contributed by atoms with E-state index in [0.29, 0.717) is 0 Å². The summed E-state index contributed by atoms with van der Waals surface area (Å²) in [6.45, 7) is 4.74. The summed E-state index contributed by atoms with van der Waals surface area (Å²) in [5.74, 6) is 0. The van der Waals surface area contributed by atoms with Crippen molar-refractivity contribution in [1.29, 1.82) is 0 Å². The first-order valence-corrected chi connectivity index (χ1v) is 8.34. The van der Waals surface area contributed by atoms with Crippen molar-refractivity contribution in [2.45, 2.75) is 77.6 Å². The molecule has 0 aliphatic rings. The second-order valence-corrected chi connectivity index (χ2v) is 5.28. The van der Waals surface area contributed by atoms with Gasteiger partial charge in [-0.25, -0.2) is 0 Å². The zero-order valence-electron chi connectivity index (χ0n) is 13.4. The molecule has 0 radical (unpaired) electrons. The molecule has 0 heterocycles. The average Bonchev–Trinajstić information content (AvgIpc) is 2.43. The second-order valence-electron chi connectivity index (χ2n) is 5.28. The van der Waals surface area contributed by atoms with Gasteiger partial charge in [-0.3, -0.25) is 0 Å². The van der Waals surface area contributed by atoms with Gasteiger partial charge >= 0.3 is 0 Å². The summed E-state index contributed by atoms with van der Waals surface area (Å²) >= 11 is 0. The molecule has 0 aliphatic heterocycles. The van der Waals surface area contributed by atoms with E-state index < -0.39 is 0 Å². The summed E-state index contributed by atoms with van der Waals surface area (Å²) in [7, 11) is 0. The maximum Gasteiger partial charge on any atom is 0.0478 e. The average molecular weight is 350 g/mol. The molecule has 0 saturated carbocycles. The fourth-order valence-electron chi connectivity index (χ4n) is 2.02. The largest absolute Gasteiger partial charge is 0.381 e. The summed E-state index contributed by atoms with van der Waals surface area (Å²) < 4.78 is 5.48. The third-order valence-corrected chi connectivity index (χ3v) is 3.29. The molecule has 122 valence electrons. The van der Waals surface area contributed by atoms with Gasteiger partial charge in [0, 0.05) is 13.2 Å². The third kappa shape index (κ3) is 20.5. The fraction of sp³-hybridized carbons (Fsp3) is 0.882. The number of ether oxygens (including phenoxy) is 1. The Hall–Kier alpha value is 0.140. The lowest BCUT2D eigenvalue weighted by Crippen LogP contribution is -2.04. The van der Waals surface area contributed by atoms with Crippen LogP contribution in [0.2, 0.25) is 0 Å². The van der Waals surface area contributed by atoms with Gasteiger partial charge in [-0.2, -0.15) is 0 Å². The zero-order valence-corrected chi connectivity index (χ0v) is 15.2. The molecule has 0 bridgehead atoms. The maximum absolute atomic E-state index is 5.48. The summed E-state index contributed by atoms with van der Waals surface area (Å²) in [6.07, 6.45) is 18.9. The number of hydrogen-bond acceptors (Lipinski definition) is 2. The summed E-state index contributed by atoms with van der Waals surface area (Å²) in [5, 5.41) is 0. The Morgan fingerprint density at radius 2 is 1.30 bits per heavy atom. The summed E-state index contributed by atoms with van der Waals surface area (Å²) in [6, 6.07) is 0. The van der Waals surface area contributed by atoms with E-state index in [9.17, 15) is 0 Å². The predicted octanol–water partition coefficient (Wildman–Crippen LogP) is 5.41. The Balaban J connectivity index is 0. The topological polar surface area (TPSA) is 35.2 Å². The quantitative estimate of drug-likeness (QED) is 0.317. The van der Waals surface area contributed by atoms with E-state index in [0.717, 1.165) is 26.2 Å². The van der Waals surface area contributed by atoms with Gasteiger partial charge in [-0.05, 0) is 38.6 Å². The van der Waals surface area contributed by atoms with Gasteiger partial charge in [0.05, 0.1) is 0 Å². The van der Waals surface area contributed by atoms with Crippen LogP contribution >= 0.6 is 17.0 Å². The van der Waals surface area contributed by atoms with Crippen LogP contribution in [0.25, 0.3) is 0 Å². The highest BCUT2D eigenvalue weighted by Crippen LogP contribution is 2.08. The highest BCUT2D eigenvalue weighted by molar-refractivity contribution is 8.93. The molecule has 0 atom stereocenters. The van der Waals surface area contributed by atoms with Crippen LogP contribution in [0.5, 0.6) is 0 Å². The number of nitrogens with two attached hydrogens (primary N) is 1. The SMILES string of the molecule is Br.CCCCC=CCCCCCCCCOCCCN. The van der Waals surface area contributed by atoms with Gasteiger partial charge in [0.1, 0.15) is 0 Å². The molecular weight excluding hydrogens is 314 g/mol. The fourth-order valence-corrected chi connectivity index (χ4v) is 2.02. The third-order valence-electron chi connectivity index (χ3n) is 3.29. The molecule has 0 aliphatic carbocycles. The van der Waals surface area contributed by atoms with Gasteiger partial charge in [-0.1, -0.05) is 57.6 Å². The molecule has 0 amide bonds. The monoisotopic (exact) mass is 349 g/mol. The van der Waals surface area contributed by atoms with Gasteiger partial charge in [0.2, 0.25) is 0 Å². The number of halogens is 1.